The van der Waals surface area contributed by atoms with Crippen molar-refractivity contribution in [2.75, 3.05) is 20.1 Å². The van der Waals surface area contributed by atoms with Gasteiger partial charge in [-0.1, -0.05) is 6.07 Å². The topological polar surface area (TPSA) is 50.1 Å². The zero-order valence-corrected chi connectivity index (χ0v) is 10.2. The van der Waals surface area contributed by atoms with Crippen molar-refractivity contribution in [3.63, 3.8) is 0 Å². The molecule has 1 saturated heterocycles. The Morgan fingerprint density at radius 1 is 1.47 bits per heavy atom. The maximum Gasteiger partial charge on any atom is 0.192 e. The highest BCUT2D eigenvalue weighted by molar-refractivity contribution is 5.73. The molecule has 0 saturated carbocycles. The van der Waals surface area contributed by atoms with Crippen molar-refractivity contribution in [2.24, 2.45) is 5.92 Å². The van der Waals surface area contributed by atoms with Gasteiger partial charge in [0.25, 0.3) is 0 Å². The Hall–Kier alpha value is -1.39. The van der Waals surface area contributed by atoms with Gasteiger partial charge in [0.2, 0.25) is 0 Å². The van der Waals surface area contributed by atoms with Crippen LogP contribution in [0, 0.1) is 12.8 Å². The smallest absolute Gasteiger partial charge is 0.192 e. The third-order valence-corrected chi connectivity index (χ3v) is 3.47. The first-order valence-electron chi connectivity index (χ1n) is 6.03. The number of hydrogen-bond acceptors (Lipinski definition) is 4. The van der Waals surface area contributed by atoms with Crippen LogP contribution in [0.15, 0.2) is 22.6 Å². The lowest BCUT2D eigenvalue weighted by atomic mass is 9.88. The molecule has 4 nitrogen and oxygen atoms in total. The average molecular weight is 231 g/mol. The molecule has 4 heteroatoms. The zero-order chi connectivity index (χ0) is 11.8. The van der Waals surface area contributed by atoms with E-state index < -0.39 is 0 Å². The summed E-state index contributed by atoms with van der Waals surface area (Å²) in [7, 11) is 2.02. The third kappa shape index (κ3) is 1.83. The van der Waals surface area contributed by atoms with Gasteiger partial charge in [0.15, 0.2) is 11.5 Å². The minimum absolute atomic E-state index is 0.401. The maximum absolute atomic E-state index is 5.49. The van der Waals surface area contributed by atoms with Crippen LogP contribution in [0.4, 0.5) is 0 Å². The second kappa shape index (κ2) is 4.13. The number of nitrogens with one attached hydrogen (secondary N) is 2. The van der Waals surface area contributed by atoms with E-state index in [2.05, 4.69) is 27.8 Å². The molecular formula is C13H17N3O. The van der Waals surface area contributed by atoms with Gasteiger partial charge >= 0.3 is 0 Å². The van der Waals surface area contributed by atoms with Crippen LogP contribution in [0.3, 0.4) is 0 Å². The molecule has 2 N–H and O–H groups in total. The van der Waals surface area contributed by atoms with Crippen molar-refractivity contribution in [3.8, 4) is 0 Å². The van der Waals surface area contributed by atoms with Crippen LogP contribution in [0.5, 0.6) is 0 Å². The first kappa shape index (κ1) is 10.7. The molecule has 0 radical (unpaired) electrons. The van der Waals surface area contributed by atoms with Crippen molar-refractivity contribution in [3.05, 3.63) is 29.7 Å². The standard InChI is InChI=1S/C13H17N3O/c1-8-16-11-5-9(3-4-12(11)17-8)13(14-2)10-6-15-7-10/h3-5,10,13-15H,6-7H2,1-2H3. The van der Waals surface area contributed by atoms with E-state index in [1.807, 2.05) is 20.0 Å². The molecule has 1 atom stereocenters. The van der Waals surface area contributed by atoms with E-state index in [1.54, 1.807) is 0 Å². The van der Waals surface area contributed by atoms with Crippen LogP contribution in [0.1, 0.15) is 17.5 Å². The summed E-state index contributed by atoms with van der Waals surface area (Å²) in [4.78, 5) is 4.38. The first-order chi connectivity index (χ1) is 8.28. The Kier molecular flexibility index (Phi) is 2.61. The molecule has 3 rings (SSSR count). The van der Waals surface area contributed by atoms with Gasteiger partial charge in [0.05, 0.1) is 0 Å². The van der Waals surface area contributed by atoms with Crippen molar-refractivity contribution >= 4 is 11.1 Å². The van der Waals surface area contributed by atoms with Crippen LogP contribution >= 0.6 is 0 Å². The molecule has 1 unspecified atom stereocenters. The number of aromatic nitrogens is 1. The van der Waals surface area contributed by atoms with Gasteiger partial charge in [0, 0.05) is 32.0 Å². The molecule has 1 aliphatic heterocycles. The number of fused-ring (bicyclic) bond motifs is 1. The highest BCUT2D eigenvalue weighted by atomic mass is 16.3. The molecular weight excluding hydrogens is 214 g/mol. The fourth-order valence-electron chi connectivity index (χ4n) is 2.47. The Morgan fingerprint density at radius 2 is 2.29 bits per heavy atom. The highest BCUT2D eigenvalue weighted by Crippen LogP contribution is 2.27. The zero-order valence-electron chi connectivity index (χ0n) is 10.2. The summed E-state index contributed by atoms with van der Waals surface area (Å²) in [6.07, 6.45) is 0. The van der Waals surface area contributed by atoms with E-state index in [0.717, 1.165) is 30.1 Å². The molecule has 0 amide bonds. The maximum atomic E-state index is 5.49. The Morgan fingerprint density at radius 3 is 2.94 bits per heavy atom. The molecule has 90 valence electrons. The lowest BCUT2D eigenvalue weighted by Gasteiger charge is -2.34. The van der Waals surface area contributed by atoms with Crippen LogP contribution in [-0.4, -0.2) is 25.1 Å². The van der Waals surface area contributed by atoms with E-state index in [-0.39, 0.29) is 0 Å². The Balaban J connectivity index is 1.97. The van der Waals surface area contributed by atoms with Crippen molar-refractivity contribution in [2.45, 2.75) is 13.0 Å². The molecule has 1 aromatic heterocycles. The van der Waals surface area contributed by atoms with E-state index in [0.29, 0.717) is 12.0 Å². The lowest BCUT2D eigenvalue weighted by molar-refractivity contribution is 0.268. The van der Waals surface area contributed by atoms with E-state index in [1.165, 1.54) is 5.56 Å². The van der Waals surface area contributed by atoms with Crippen molar-refractivity contribution < 1.29 is 4.42 Å². The van der Waals surface area contributed by atoms with Crippen molar-refractivity contribution in [1.82, 2.24) is 15.6 Å². The monoisotopic (exact) mass is 231 g/mol. The number of hydrogen-bond donors (Lipinski definition) is 2. The molecule has 17 heavy (non-hydrogen) atoms. The summed E-state index contributed by atoms with van der Waals surface area (Å²) in [6, 6.07) is 6.68. The van der Waals surface area contributed by atoms with Gasteiger partial charge in [-0.3, -0.25) is 0 Å². The fourth-order valence-corrected chi connectivity index (χ4v) is 2.47. The van der Waals surface area contributed by atoms with Gasteiger partial charge in [-0.25, -0.2) is 4.98 Å². The van der Waals surface area contributed by atoms with Gasteiger partial charge in [0.1, 0.15) is 5.52 Å². The van der Waals surface area contributed by atoms with Crippen LogP contribution < -0.4 is 10.6 Å². The molecule has 1 aliphatic rings. The Labute approximate surface area is 100 Å². The predicted octanol–water partition coefficient (Wildman–Crippen LogP) is 1.62. The second-order valence-electron chi connectivity index (χ2n) is 4.64. The molecule has 1 aromatic carbocycles. The molecule has 2 aromatic rings. The number of nitrogens with zero attached hydrogens (tertiary/aromatic N) is 1. The quantitative estimate of drug-likeness (QED) is 0.842. The lowest BCUT2D eigenvalue weighted by Crippen LogP contribution is -2.48. The summed E-state index contributed by atoms with van der Waals surface area (Å²) < 4.78 is 5.49. The SMILES string of the molecule is CNC(c1ccc2oc(C)nc2c1)C1CNC1. The number of aryl methyl sites for hydroxylation is 1. The van der Waals surface area contributed by atoms with E-state index >= 15 is 0 Å². The van der Waals surface area contributed by atoms with E-state index in [4.69, 9.17) is 4.42 Å². The third-order valence-electron chi connectivity index (χ3n) is 3.47. The fraction of sp³-hybridized carbons (Fsp3) is 0.462. The number of oxazole rings is 1. The summed E-state index contributed by atoms with van der Waals surface area (Å²) in [5.41, 5.74) is 3.11. The minimum Gasteiger partial charge on any atom is -0.441 e. The van der Waals surface area contributed by atoms with Crippen LogP contribution in [0.2, 0.25) is 0 Å². The van der Waals surface area contributed by atoms with Crippen LogP contribution in [0.25, 0.3) is 11.1 Å². The van der Waals surface area contributed by atoms with Gasteiger partial charge in [-0.2, -0.15) is 0 Å². The highest BCUT2D eigenvalue weighted by Gasteiger charge is 2.27. The minimum atomic E-state index is 0.401. The van der Waals surface area contributed by atoms with E-state index in [9.17, 15) is 0 Å². The number of rotatable bonds is 3. The van der Waals surface area contributed by atoms with Crippen molar-refractivity contribution in [1.29, 1.82) is 0 Å². The summed E-state index contributed by atoms with van der Waals surface area (Å²) in [6.45, 7) is 4.05. The second-order valence-corrected chi connectivity index (χ2v) is 4.64. The normalized spacial score (nSPS) is 18.2. The molecule has 2 heterocycles. The first-order valence-corrected chi connectivity index (χ1v) is 6.03. The molecule has 0 spiro atoms. The van der Waals surface area contributed by atoms with Gasteiger partial charge in [-0.05, 0) is 24.7 Å². The largest absolute Gasteiger partial charge is 0.441 e. The predicted molar refractivity (Wildman–Crippen MR) is 66.9 cm³/mol. The molecule has 1 fully saturated rings. The van der Waals surface area contributed by atoms with Crippen LogP contribution in [-0.2, 0) is 0 Å². The van der Waals surface area contributed by atoms with Gasteiger partial charge in [-0.15, -0.1) is 0 Å². The molecule has 0 bridgehead atoms. The van der Waals surface area contributed by atoms with Gasteiger partial charge < -0.3 is 15.1 Å². The summed E-state index contributed by atoms with van der Waals surface area (Å²) >= 11 is 0. The Bertz CT molecular complexity index is 530. The average Bonchev–Trinajstić information content (AvgIpc) is 2.61. The molecule has 0 aliphatic carbocycles. The summed E-state index contributed by atoms with van der Waals surface area (Å²) in [5, 5.41) is 6.71. The number of benzene rings is 1. The summed E-state index contributed by atoms with van der Waals surface area (Å²) in [5.74, 6) is 1.40.